The molecule has 0 bridgehead atoms. The Morgan fingerprint density at radius 1 is 0.938 bits per heavy atom. The molecule has 0 saturated carbocycles. The molecule has 0 aliphatic carbocycles. The molecule has 0 aliphatic rings. The Hall–Kier alpha value is -1.83. The molecule has 0 heterocycles. The van der Waals surface area contributed by atoms with Gasteiger partial charge in [-0.15, -0.1) is 0 Å². The lowest BCUT2D eigenvalue weighted by Crippen LogP contribution is -1.86. The van der Waals surface area contributed by atoms with Crippen LogP contribution in [-0.2, 0) is 0 Å². The molecule has 1 N–H and O–H groups in total. The maximum Gasteiger partial charge on any atom is 0.123 e. The van der Waals surface area contributed by atoms with E-state index < -0.39 is 0 Å². The van der Waals surface area contributed by atoms with Crippen LogP contribution >= 0.6 is 0 Å². The molecule has 0 amide bonds. The van der Waals surface area contributed by atoms with Crippen molar-refractivity contribution in [1.82, 2.24) is 0 Å². The van der Waals surface area contributed by atoms with Crippen LogP contribution in [0.3, 0.4) is 0 Å². The van der Waals surface area contributed by atoms with Crippen LogP contribution in [0.15, 0.2) is 36.4 Å². The molecular formula is C14H13FO. The second kappa shape index (κ2) is 3.97. The zero-order valence-corrected chi connectivity index (χ0v) is 9.29. The van der Waals surface area contributed by atoms with Gasteiger partial charge in [0.1, 0.15) is 11.6 Å². The van der Waals surface area contributed by atoms with Gasteiger partial charge in [-0.2, -0.15) is 0 Å². The van der Waals surface area contributed by atoms with E-state index in [-0.39, 0.29) is 11.6 Å². The van der Waals surface area contributed by atoms with Crippen molar-refractivity contribution in [2.24, 2.45) is 0 Å². The SMILES string of the molecule is Cc1ccc(O)c(-c2ccc(F)cc2C)c1. The predicted molar refractivity (Wildman–Crippen MR) is 63.0 cm³/mol. The van der Waals surface area contributed by atoms with Gasteiger partial charge in [-0.25, -0.2) is 4.39 Å². The predicted octanol–water partition coefficient (Wildman–Crippen LogP) is 3.82. The number of aromatic hydroxyl groups is 1. The van der Waals surface area contributed by atoms with Gasteiger partial charge >= 0.3 is 0 Å². The van der Waals surface area contributed by atoms with E-state index >= 15 is 0 Å². The highest BCUT2D eigenvalue weighted by molar-refractivity contribution is 5.73. The van der Waals surface area contributed by atoms with E-state index in [0.29, 0.717) is 0 Å². The van der Waals surface area contributed by atoms with Gasteiger partial charge in [0.15, 0.2) is 0 Å². The van der Waals surface area contributed by atoms with E-state index in [4.69, 9.17) is 0 Å². The van der Waals surface area contributed by atoms with Gasteiger partial charge in [0.05, 0.1) is 0 Å². The first kappa shape index (κ1) is 10.7. The van der Waals surface area contributed by atoms with Crippen LogP contribution < -0.4 is 0 Å². The fraction of sp³-hybridized carbons (Fsp3) is 0.143. The van der Waals surface area contributed by atoms with Gasteiger partial charge in [-0.05, 0) is 49.2 Å². The van der Waals surface area contributed by atoms with E-state index in [1.54, 1.807) is 12.1 Å². The molecule has 0 aliphatic heterocycles. The van der Waals surface area contributed by atoms with Crippen LogP contribution in [0.2, 0.25) is 0 Å². The van der Waals surface area contributed by atoms with Gasteiger partial charge < -0.3 is 5.11 Å². The molecule has 0 spiro atoms. The van der Waals surface area contributed by atoms with E-state index in [1.807, 2.05) is 26.0 Å². The van der Waals surface area contributed by atoms with Crippen LogP contribution in [0.4, 0.5) is 4.39 Å². The second-order valence-corrected chi connectivity index (χ2v) is 3.98. The molecule has 0 unspecified atom stereocenters. The third kappa shape index (κ3) is 1.91. The van der Waals surface area contributed by atoms with Crippen LogP contribution in [0.5, 0.6) is 5.75 Å². The maximum absolute atomic E-state index is 13.0. The van der Waals surface area contributed by atoms with Crippen molar-refractivity contribution in [1.29, 1.82) is 0 Å². The third-order valence-electron chi connectivity index (χ3n) is 2.63. The summed E-state index contributed by atoms with van der Waals surface area (Å²) in [6, 6.07) is 9.97. The second-order valence-electron chi connectivity index (χ2n) is 3.98. The minimum absolute atomic E-state index is 0.223. The summed E-state index contributed by atoms with van der Waals surface area (Å²) in [5.74, 6) is -0.0336. The summed E-state index contributed by atoms with van der Waals surface area (Å²) in [6.45, 7) is 3.79. The first-order valence-electron chi connectivity index (χ1n) is 5.14. The third-order valence-corrected chi connectivity index (χ3v) is 2.63. The zero-order valence-electron chi connectivity index (χ0n) is 9.29. The Balaban J connectivity index is 2.62. The molecule has 2 rings (SSSR count). The van der Waals surface area contributed by atoms with Crippen molar-refractivity contribution in [3.05, 3.63) is 53.3 Å². The summed E-state index contributed by atoms with van der Waals surface area (Å²) in [6.07, 6.45) is 0. The topological polar surface area (TPSA) is 20.2 Å². The first-order chi connectivity index (χ1) is 7.58. The molecule has 0 atom stereocenters. The standard InChI is InChI=1S/C14H13FO/c1-9-3-6-14(16)13(7-9)12-5-4-11(15)8-10(12)2/h3-8,16H,1-2H3. The van der Waals surface area contributed by atoms with Crippen LogP contribution in [0, 0.1) is 19.7 Å². The van der Waals surface area contributed by atoms with Gasteiger partial charge in [0, 0.05) is 5.56 Å². The lowest BCUT2D eigenvalue weighted by molar-refractivity contribution is 0.477. The quantitative estimate of drug-likeness (QED) is 0.768. The number of phenols is 1. The Morgan fingerprint density at radius 2 is 1.69 bits per heavy atom. The Labute approximate surface area is 94.2 Å². The van der Waals surface area contributed by atoms with Crippen molar-refractivity contribution in [3.63, 3.8) is 0 Å². The lowest BCUT2D eigenvalue weighted by atomic mass is 9.98. The van der Waals surface area contributed by atoms with Crippen molar-refractivity contribution >= 4 is 0 Å². The summed E-state index contributed by atoms with van der Waals surface area (Å²) in [5.41, 5.74) is 3.50. The van der Waals surface area contributed by atoms with Gasteiger partial charge in [-0.3, -0.25) is 0 Å². The average Bonchev–Trinajstić information content (AvgIpc) is 2.22. The highest BCUT2D eigenvalue weighted by Gasteiger charge is 2.07. The van der Waals surface area contributed by atoms with Crippen molar-refractivity contribution in [2.45, 2.75) is 13.8 Å². The summed E-state index contributed by atoms with van der Waals surface area (Å²) >= 11 is 0. The van der Waals surface area contributed by atoms with E-state index in [1.165, 1.54) is 12.1 Å². The van der Waals surface area contributed by atoms with Crippen molar-refractivity contribution in [3.8, 4) is 16.9 Å². The minimum Gasteiger partial charge on any atom is -0.507 e. The molecule has 2 aromatic carbocycles. The van der Waals surface area contributed by atoms with Crippen LogP contribution in [0.25, 0.3) is 11.1 Å². The molecule has 0 fully saturated rings. The first-order valence-corrected chi connectivity index (χ1v) is 5.14. The molecule has 2 heteroatoms. The van der Waals surface area contributed by atoms with Crippen LogP contribution in [0.1, 0.15) is 11.1 Å². The number of rotatable bonds is 1. The molecule has 2 aromatic rings. The summed E-state index contributed by atoms with van der Waals surface area (Å²) in [5, 5.41) is 9.79. The average molecular weight is 216 g/mol. The highest BCUT2D eigenvalue weighted by Crippen LogP contribution is 2.32. The van der Waals surface area contributed by atoms with Gasteiger partial charge in [0.25, 0.3) is 0 Å². The molecule has 82 valence electrons. The number of hydrogen-bond donors (Lipinski definition) is 1. The van der Waals surface area contributed by atoms with Crippen molar-refractivity contribution < 1.29 is 9.50 Å². The zero-order chi connectivity index (χ0) is 11.7. The van der Waals surface area contributed by atoms with E-state index in [9.17, 15) is 9.50 Å². The smallest absolute Gasteiger partial charge is 0.123 e. The van der Waals surface area contributed by atoms with Crippen molar-refractivity contribution in [2.75, 3.05) is 0 Å². The van der Waals surface area contributed by atoms with Gasteiger partial charge in [-0.1, -0.05) is 17.7 Å². The van der Waals surface area contributed by atoms with Gasteiger partial charge in [0.2, 0.25) is 0 Å². The Kier molecular flexibility index (Phi) is 2.65. The van der Waals surface area contributed by atoms with E-state index in [0.717, 1.165) is 22.3 Å². The number of halogens is 1. The molecule has 0 radical (unpaired) electrons. The number of phenolic OH excluding ortho intramolecular Hbond substituents is 1. The summed E-state index contributed by atoms with van der Waals surface area (Å²) in [7, 11) is 0. The number of hydrogen-bond acceptors (Lipinski definition) is 1. The molecular weight excluding hydrogens is 203 g/mol. The number of benzene rings is 2. The monoisotopic (exact) mass is 216 g/mol. The van der Waals surface area contributed by atoms with E-state index in [2.05, 4.69) is 0 Å². The minimum atomic E-state index is -0.256. The normalized spacial score (nSPS) is 10.4. The lowest BCUT2D eigenvalue weighted by Gasteiger charge is -2.09. The maximum atomic E-state index is 13.0. The summed E-state index contributed by atoms with van der Waals surface area (Å²) < 4.78 is 13.0. The largest absolute Gasteiger partial charge is 0.507 e. The fourth-order valence-corrected chi connectivity index (χ4v) is 1.79. The molecule has 0 aromatic heterocycles. The Morgan fingerprint density at radius 3 is 2.38 bits per heavy atom. The number of aryl methyl sites for hydroxylation is 2. The van der Waals surface area contributed by atoms with Crippen LogP contribution in [-0.4, -0.2) is 5.11 Å². The fourth-order valence-electron chi connectivity index (χ4n) is 1.79. The molecule has 1 nitrogen and oxygen atoms in total. The molecule has 16 heavy (non-hydrogen) atoms. The Bertz CT molecular complexity index is 532. The summed E-state index contributed by atoms with van der Waals surface area (Å²) in [4.78, 5) is 0. The highest BCUT2D eigenvalue weighted by atomic mass is 19.1. The molecule has 0 saturated heterocycles.